The summed E-state index contributed by atoms with van der Waals surface area (Å²) in [5.74, 6) is 1.79. The molecule has 0 unspecified atom stereocenters. The molecular formula is C25H23N3O3. The van der Waals surface area contributed by atoms with Gasteiger partial charge in [0.1, 0.15) is 12.4 Å². The summed E-state index contributed by atoms with van der Waals surface area (Å²) in [6.07, 6.45) is 4.12. The van der Waals surface area contributed by atoms with E-state index in [1.165, 1.54) is 5.56 Å². The SMILES string of the molecule is Cc1ccc(-c2cnc(CCC(=O)Nc3cccc(OCc4ccccn4)c3)o2)cc1. The van der Waals surface area contributed by atoms with Crippen molar-refractivity contribution in [2.45, 2.75) is 26.4 Å². The first-order valence-corrected chi connectivity index (χ1v) is 10.1. The maximum absolute atomic E-state index is 12.4. The molecule has 1 N–H and O–H groups in total. The van der Waals surface area contributed by atoms with Gasteiger partial charge in [-0.25, -0.2) is 4.98 Å². The topological polar surface area (TPSA) is 77.2 Å². The summed E-state index contributed by atoms with van der Waals surface area (Å²) in [6, 6.07) is 21.0. The van der Waals surface area contributed by atoms with Crippen molar-refractivity contribution in [3.05, 3.63) is 96.3 Å². The van der Waals surface area contributed by atoms with Crippen molar-refractivity contribution in [3.63, 3.8) is 0 Å². The predicted octanol–water partition coefficient (Wildman–Crippen LogP) is 5.20. The van der Waals surface area contributed by atoms with Crippen molar-refractivity contribution in [1.29, 1.82) is 0 Å². The number of ether oxygens (including phenoxy) is 1. The van der Waals surface area contributed by atoms with E-state index in [1.807, 2.05) is 67.6 Å². The third-order valence-corrected chi connectivity index (χ3v) is 4.69. The van der Waals surface area contributed by atoms with Gasteiger partial charge in [0.25, 0.3) is 0 Å². The predicted molar refractivity (Wildman–Crippen MR) is 119 cm³/mol. The number of nitrogens with one attached hydrogen (secondary N) is 1. The molecule has 0 spiro atoms. The Morgan fingerprint density at radius 1 is 1.03 bits per heavy atom. The monoisotopic (exact) mass is 413 g/mol. The van der Waals surface area contributed by atoms with E-state index in [-0.39, 0.29) is 12.3 Å². The number of carbonyl (C=O) groups is 1. The minimum absolute atomic E-state index is 0.114. The number of rotatable bonds is 8. The second kappa shape index (κ2) is 9.71. The molecule has 0 saturated heterocycles. The average Bonchev–Trinajstić information content (AvgIpc) is 3.27. The number of carbonyl (C=O) groups excluding carboxylic acids is 1. The molecule has 0 aliphatic rings. The number of nitrogens with zero attached hydrogens (tertiary/aromatic N) is 2. The molecule has 4 rings (SSSR count). The average molecular weight is 413 g/mol. The number of pyridine rings is 1. The molecular weight excluding hydrogens is 390 g/mol. The quantitative estimate of drug-likeness (QED) is 0.430. The number of anilines is 1. The molecule has 6 heteroatoms. The normalized spacial score (nSPS) is 10.6. The molecule has 6 nitrogen and oxygen atoms in total. The fourth-order valence-corrected chi connectivity index (χ4v) is 3.03. The Bertz CT molecular complexity index is 1140. The first-order valence-electron chi connectivity index (χ1n) is 10.1. The van der Waals surface area contributed by atoms with Crippen molar-refractivity contribution >= 4 is 11.6 Å². The van der Waals surface area contributed by atoms with Gasteiger partial charge < -0.3 is 14.5 Å². The van der Waals surface area contributed by atoms with Crippen LogP contribution in [0.5, 0.6) is 5.75 Å². The second-order valence-corrected chi connectivity index (χ2v) is 7.17. The van der Waals surface area contributed by atoms with Crippen LogP contribution in [-0.2, 0) is 17.8 Å². The number of aromatic nitrogens is 2. The second-order valence-electron chi connectivity index (χ2n) is 7.17. The van der Waals surface area contributed by atoms with E-state index < -0.39 is 0 Å². The van der Waals surface area contributed by atoms with E-state index in [0.717, 1.165) is 11.3 Å². The highest BCUT2D eigenvalue weighted by Gasteiger charge is 2.10. The molecule has 0 fully saturated rings. The Morgan fingerprint density at radius 3 is 2.71 bits per heavy atom. The van der Waals surface area contributed by atoms with Crippen LogP contribution in [0.1, 0.15) is 23.6 Å². The summed E-state index contributed by atoms with van der Waals surface area (Å²) in [7, 11) is 0. The largest absolute Gasteiger partial charge is 0.487 e. The smallest absolute Gasteiger partial charge is 0.224 e. The van der Waals surface area contributed by atoms with E-state index in [4.69, 9.17) is 9.15 Å². The van der Waals surface area contributed by atoms with Crippen molar-refractivity contribution in [3.8, 4) is 17.1 Å². The summed E-state index contributed by atoms with van der Waals surface area (Å²) in [6.45, 7) is 2.40. The van der Waals surface area contributed by atoms with E-state index in [2.05, 4.69) is 15.3 Å². The number of aryl methyl sites for hydroxylation is 2. The van der Waals surface area contributed by atoms with Crippen LogP contribution in [0.15, 0.2) is 83.5 Å². The third-order valence-electron chi connectivity index (χ3n) is 4.69. The summed E-state index contributed by atoms with van der Waals surface area (Å²) in [5, 5.41) is 2.89. The fourth-order valence-electron chi connectivity index (χ4n) is 3.03. The Labute approximate surface area is 180 Å². The highest BCUT2D eigenvalue weighted by molar-refractivity contribution is 5.90. The Balaban J connectivity index is 1.28. The van der Waals surface area contributed by atoms with Crippen LogP contribution in [0.3, 0.4) is 0 Å². The van der Waals surface area contributed by atoms with Gasteiger partial charge in [-0.15, -0.1) is 0 Å². The standard InChI is InChI=1S/C25H23N3O3/c1-18-8-10-19(11-9-18)23-16-27-25(31-23)13-12-24(29)28-20-6-4-7-22(15-20)30-17-21-5-2-3-14-26-21/h2-11,14-16H,12-13,17H2,1H3,(H,28,29). The van der Waals surface area contributed by atoms with Gasteiger partial charge in [-0.3, -0.25) is 9.78 Å². The summed E-state index contributed by atoms with van der Waals surface area (Å²) >= 11 is 0. The van der Waals surface area contributed by atoms with Crippen molar-refractivity contribution in [1.82, 2.24) is 9.97 Å². The number of amides is 1. The maximum Gasteiger partial charge on any atom is 0.224 e. The molecule has 0 aliphatic heterocycles. The molecule has 0 saturated carbocycles. The fraction of sp³-hybridized carbons (Fsp3) is 0.160. The van der Waals surface area contributed by atoms with Crippen LogP contribution in [-0.4, -0.2) is 15.9 Å². The van der Waals surface area contributed by atoms with Crippen LogP contribution < -0.4 is 10.1 Å². The summed E-state index contributed by atoms with van der Waals surface area (Å²) < 4.78 is 11.5. The van der Waals surface area contributed by atoms with Gasteiger partial charge in [0, 0.05) is 36.4 Å². The molecule has 2 aromatic carbocycles. The molecule has 0 aliphatic carbocycles. The molecule has 0 atom stereocenters. The van der Waals surface area contributed by atoms with Gasteiger partial charge in [-0.05, 0) is 31.2 Å². The van der Waals surface area contributed by atoms with Gasteiger partial charge >= 0.3 is 0 Å². The van der Waals surface area contributed by atoms with Crippen LogP contribution in [0.25, 0.3) is 11.3 Å². The number of oxazole rings is 1. The van der Waals surface area contributed by atoms with E-state index in [0.29, 0.717) is 36.1 Å². The lowest BCUT2D eigenvalue weighted by atomic mass is 10.1. The lowest BCUT2D eigenvalue weighted by molar-refractivity contribution is -0.116. The zero-order valence-corrected chi connectivity index (χ0v) is 17.2. The lowest BCUT2D eigenvalue weighted by Crippen LogP contribution is -2.12. The minimum atomic E-state index is -0.114. The summed E-state index contributed by atoms with van der Waals surface area (Å²) in [5.41, 5.74) is 3.67. The molecule has 0 bridgehead atoms. The number of hydrogen-bond donors (Lipinski definition) is 1. The Hall–Kier alpha value is -3.93. The lowest BCUT2D eigenvalue weighted by Gasteiger charge is -2.09. The molecule has 2 aromatic heterocycles. The van der Waals surface area contributed by atoms with Gasteiger partial charge in [0.2, 0.25) is 5.91 Å². The van der Waals surface area contributed by atoms with Gasteiger partial charge in [0.05, 0.1) is 11.9 Å². The maximum atomic E-state index is 12.4. The van der Waals surface area contributed by atoms with E-state index in [9.17, 15) is 4.79 Å². The van der Waals surface area contributed by atoms with E-state index >= 15 is 0 Å². The number of benzene rings is 2. The van der Waals surface area contributed by atoms with Gasteiger partial charge in [-0.2, -0.15) is 0 Å². The van der Waals surface area contributed by atoms with Gasteiger partial charge in [-0.1, -0.05) is 42.0 Å². The summed E-state index contributed by atoms with van der Waals surface area (Å²) in [4.78, 5) is 20.9. The molecule has 4 aromatic rings. The van der Waals surface area contributed by atoms with Crippen molar-refractivity contribution < 1.29 is 13.9 Å². The molecule has 156 valence electrons. The van der Waals surface area contributed by atoms with Crippen LogP contribution >= 0.6 is 0 Å². The highest BCUT2D eigenvalue weighted by Crippen LogP contribution is 2.22. The van der Waals surface area contributed by atoms with Crippen LogP contribution in [0.2, 0.25) is 0 Å². The van der Waals surface area contributed by atoms with Crippen LogP contribution in [0, 0.1) is 6.92 Å². The zero-order valence-electron chi connectivity index (χ0n) is 17.2. The Kier molecular flexibility index (Phi) is 6.38. The van der Waals surface area contributed by atoms with Crippen molar-refractivity contribution in [2.75, 3.05) is 5.32 Å². The number of hydrogen-bond acceptors (Lipinski definition) is 5. The third kappa shape index (κ3) is 5.79. The first kappa shape index (κ1) is 20.3. The highest BCUT2D eigenvalue weighted by atomic mass is 16.5. The van der Waals surface area contributed by atoms with Gasteiger partial charge in [0.15, 0.2) is 11.7 Å². The zero-order chi connectivity index (χ0) is 21.5. The molecule has 2 heterocycles. The minimum Gasteiger partial charge on any atom is -0.487 e. The molecule has 31 heavy (non-hydrogen) atoms. The Morgan fingerprint density at radius 2 is 1.90 bits per heavy atom. The molecule has 0 radical (unpaired) electrons. The van der Waals surface area contributed by atoms with Crippen LogP contribution in [0.4, 0.5) is 5.69 Å². The first-order chi connectivity index (χ1) is 15.2. The molecule has 1 amide bonds. The van der Waals surface area contributed by atoms with Crippen molar-refractivity contribution in [2.24, 2.45) is 0 Å². The van der Waals surface area contributed by atoms with E-state index in [1.54, 1.807) is 18.5 Å².